The minimum atomic E-state index is 0.286. The molecule has 0 aliphatic carbocycles. The number of aromatic hydroxyl groups is 1. The van der Waals surface area contributed by atoms with Crippen molar-refractivity contribution in [1.82, 2.24) is 0 Å². The van der Waals surface area contributed by atoms with Gasteiger partial charge in [-0.05, 0) is 51.2 Å². The van der Waals surface area contributed by atoms with Crippen LogP contribution in [0.3, 0.4) is 0 Å². The second-order valence-corrected chi connectivity index (χ2v) is 5.66. The van der Waals surface area contributed by atoms with Gasteiger partial charge in [0.1, 0.15) is 5.75 Å². The van der Waals surface area contributed by atoms with E-state index in [4.69, 9.17) is 0 Å². The second-order valence-electron chi connectivity index (χ2n) is 5.66. The van der Waals surface area contributed by atoms with E-state index in [0.717, 1.165) is 22.3 Å². The van der Waals surface area contributed by atoms with Gasteiger partial charge in [0.25, 0.3) is 0 Å². The van der Waals surface area contributed by atoms with E-state index >= 15 is 0 Å². The van der Waals surface area contributed by atoms with Crippen LogP contribution in [0.4, 0.5) is 0 Å². The zero-order valence-electron chi connectivity index (χ0n) is 12.6. The minimum absolute atomic E-state index is 0.286. The van der Waals surface area contributed by atoms with Crippen molar-refractivity contribution in [2.24, 2.45) is 0 Å². The number of rotatable bonds is 2. The molecule has 23 heavy (non-hydrogen) atoms. The summed E-state index contributed by atoms with van der Waals surface area (Å²) >= 11 is 0. The molecule has 0 aliphatic rings. The number of benzene rings is 4. The Hall–Kier alpha value is -3.06. The van der Waals surface area contributed by atoms with E-state index < -0.39 is 0 Å². The fourth-order valence-corrected chi connectivity index (χ4v) is 3.04. The fourth-order valence-electron chi connectivity index (χ4n) is 3.04. The topological polar surface area (TPSA) is 20.2 Å². The molecule has 0 amide bonds. The SMILES string of the molecule is Oc1cc(-c2ccccc2)cc(-c2cccc3ccccc23)c1. The third kappa shape index (κ3) is 2.58. The van der Waals surface area contributed by atoms with Crippen molar-refractivity contribution >= 4 is 10.8 Å². The summed E-state index contributed by atoms with van der Waals surface area (Å²) < 4.78 is 0. The molecule has 0 saturated heterocycles. The van der Waals surface area contributed by atoms with Gasteiger partial charge >= 0.3 is 0 Å². The summed E-state index contributed by atoms with van der Waals surface area (Å²) in [6, 6.07) is 30.5. The predicted molar refractivity (Wildman–Crippen MR) is 96.5 cm³/mol. The first-order chi connectivity index (χ1) is 11.3. The van der Waals surface area contributed by atoms with Crippen molar-refractivity contribution in [2.45, 2.75) is 0 Å². The predicted octanol–water partition coefficient (Wildman–Crippen LogP) is 5.88. The van der Waals surface area contributed by atoms with Crippen LogP contribution in [0.25, 0.3) is 33.0 Å². The lowest BCUT2D eigenvalue weighted by Gasteiger charge is -2.10. The van der Waals surface area contributed by atoms with Crippen LogP contribution >= 0.6 is 0 Å². The van der Waals surface area contributed by atoms with Crippen molar-refractivity contribution in [3.8, 4) is 28.0 Å². The Labute approximate surface area is 135 Å². The highest BCUT2D eigenvalue weighted by atomic mass is 16.3. The number of fused-ring (bicyclic) bond motifs is 1. The standard InChI is InChI=1S/C22H16O/c23-20-14-18(16-7-2-1-3-8-16)13-19(15-20)22-12-6-10-17-9-4-5-11-21(17)22/h1-15,23H. The average molecular weight is 296 g/mol. The molecule has 110 valence electrons. The van der Waals surface area contributed by atoms with Crippen molar-refractivity contribution in [3.63, 3.8) is 0 Å². The summed E-state index contributed by atoms with van der Waals surface area (Å²) in [5.74, 6) is 0.286. The van der Waals surface area contributed by atoms with Crippen LogP contribution in [0.15, 0.2) is 91.0 Å². The Balaban J connectivity index is 1.94. The molecule has 0 aromatic heterocycles. The minimum Gasteiger partial charge on any atom is -0.508 e. The van der Waals surface area contributed by atoms with Gasteiger partial charge in [-0.3, -0.25) is 0 Å². The molecular formula is C22H16O. The zero-order chi connectivity index (χ0) is 15.6. The van der Waals surface area contributed by atoms with Crippen molar-refractivity contribution in [2.75, 3.05) is 0 Å². The summed E-state index contributed by atoms with van der Waals surface area (Å²) in [7, 11) is 0. The first-order valence-corrected chi connectivity index (χ1v) is 7.69. The van der Waals surface area contributed by atoms with Gasteiger partial charge < -0.3 is 5.11 Å². The van der Waals surface area contributed by atoms with Crippen molar-refractivity contribution in [3.05, 3.63) is 91.0 Å². The maximum atomic E-state index is 10.2. The molecule has 0 spiro atoms. The first kappa shape index (κ1) is 13.6. The normalized spacial score (nSPS) is 10.8. The highest BCUT2D eigenvalue weighted by Crippen LogP contribution is 2.34. The quantitative estimate of drug-likeness (QED) is 0.490. The van der Waals surface area contributed by atoms with E-state index in [1.807, 2.05) is 42.5 Å². The van der Waals surface area contributed by atoms with Crippen LogP contribution in [-0.4, -0.2) is 5.11 Å². The summed E-state index contributed by atoms with van der Waals surface area (Å²) in [5.41, 5.74) is 4.29. The molecule has 0 aliphatic heterocycles. The van der Waals surface area contributed by atoms with E-state index in [2.05, 4.69) is 48.5 Å². The van der Waals surface area contributed by atoms with Crippen LogP contribution in [0, 0.1) is 0 Å². The molecule has 4 rings (SSSR count). The van der Waals surface area contributed by atoms with Gasteiger partial charge in [-0.1, -0.05) is 72.8 Å². The fraction of sp³-hybridized carbons (Fsp3) is 0. The highest BCUT2D eigenvalue weighted by molar-refractivity contribution is 5.97. The molecule has 1 N–H and O–H groups in total. The van der Waals surface area contributed by atoms with Crippen molar-refractivity contribution < 1.29 is 5.11 Å². The Kier molecular flexibility index (Phi) is 3.32. The van der Waals surface area contributed by atoms with E-state index in [9.17, 15) is 5.11 Å². The monoisotopic (exact) mass is 296 g/mol. The summed E-state index contributed by atoms with van der Waals surface area (Å²) in [4.78, 5) is 0. The highest BCUT2D eigenvalue weighted by Gasteiger charge is 2.07. The molecular weight excluding hydrogens is 280 g/mol. The average Bonchev–Trinajstić information content (AvgIpc) is 2.61. The lowest BCUT2D eigenvalue weighted by molar-refractivity contribution is 0.476. The molecule has 4 aromatic carbocycles. The molecule has 0 heterocycles. The number of phenols is 1. The summed E-state index contributed by atoms with van der Waals surface area (Å²) in [6.45, 7) is 0. The molecule has 0 atom stereocenters. The first-order valence-electron chi connectivity index (χ1n) is 7.69. The van der Waals surface area contributed by atoms with E-state index in [1.165, 1.54) is 10.8 Å². The third-order valence-electron chi connectivity index (χ3n) is 4.13. The molecule has 1 nitrogen and oxygen atoms in total. The molecule has 4 aromatic rings. The molecule has 0 bridgehead atoms. The Bertz CT molecular complexity index is 966. The molecule has 0 saturated carbocycles. The maximum absolute atomic E-state index is 10.2. The van der Waals surface area contributed by atoms with Crippen molar-refractivity contribution in [1.29, 1.82) is 0 Å². The Morgan fingerprint density at radius 2 is 1.22 bits per heavy atom. The zero-order valence-corrected chi connectivity index (χ0v) is 12.6. The van der Waals surface area contributed by atoms with E-state index in [0.29, 0.717) is 0 Å². The van der Waals surface area contributed by atoms with Gasteiger partial charge in [0.15, 0.2) is 0 Å². The Morgan fingerprint density at radius 1 is 0.522 bits per heavy atom. The molecule has 0 radical (unpaired) electrons. The molecule has 0 unspecified atom stereocenters. The van der Waals surface area contributed by atoms with Crippen LogP contribution < -0.4 is 0 Å². The number of hydrogen-bond acceptors (Lipinski definition) is 1. The van der Waals surface area contributed by atoms with Crippen LogP contribution in [0.2, 0.25) is 0 Å². The molecule has 0 fully saturated rings. The maximum Gasteiger partial charge on any atom is 0.116 e. The Morgan fingerprint density at radius 3 is 2.09 bits per heavy atom. The van der Waals surface area contributed by atoms with Gasteiger partial charge in [0, 0.05) is 0 Å². The summed E-state index contributed by atoms with van der Waals surface area (Å²) in [6.07, 6.45) is 0. The summed E-state index contributed by atoms with van der Waals surface area (Å²) in [5, 5.41) is 12.6. The number of hydrogen-bond donors (Lipinski definition) is 1. The smallest absolute Gasteiger partial charge is 0.116 e. The van der Waals surface area contributed by atoms with Gasteiger partial charge in [0.2, 0.25) is 0 Å². The lowest BCUT2D eigenvalue weighted by atomic mass is 9.95. The van der Waals surface area contributed by atoms with Gasteiger partial charge in [-0.25, -0.2) is 0 Å². The van der Waals surface area contributed by atoms with Gasteiger partial charge in [-0.15, -0.1) is 0 Å². The van der Waals surface area contributed by atoms with E-state index in [-0.39, 0.29) is 5.75 Å². The van der Waals surface area contributed by atoms with Gasteiger partial charge in [-0.2, -0.15) is 0 Å². The largest absolute Gasteiger partial charge is 0.508 e. The van der Waals surface area contributed by atoms with Crippen LogP contribution in [0.5, 0.6) is 5.75 Å². The lowest BCUT2D eigenvalue weighted by Crippen LogP contribution is -1.84. The van der Waals surface area contributed by atoms with Gasteiger partial charge in [0.05, 0.1) is 0 Å². The second kappa shape index (κ2) is 5.62. The molecule has 1 heteroatoms. The number of phenolic OH excluding ortho intramolecular Hbond substituents is 1. The van der Waals surface area contributed by atoms with Crippen LogP contribution in [-0.2, 0) is 0 Å². The van der Waals surface area contributed by atoms with E-state index in [1.54, 1.807) is 0 Å². The van der Waals surface area contributed by atoms with Crippen LogP contribution in [0.1, 0.15) is 0 Å². The third-order valence-corrected chi connectivity index (χ3v) is 4.13.